The predicted octanol–water partition coefficient (Wildman–Crippen LogP) is 6.82. The van der Waals surface area contributed by atoms with Gasteiger partial charge in [-0.1, -0.05) is 38.1 Å². The van der Waals surface area contributed by atoms with Crippen LogP contribution in [0.5, 0.6) is 0 Å². The number of piperidine rings is 1. The van der Waals surface area contributed by atoms with E-state index in [2.05, 4.69) is 71.5 Å². The summed E-state index contributed by atoms with van der Waals surface area (Å²) in [7, 11) is 0. The molecule has 2 heterocycles. The minimum atomic E-state index is -0.164. The molecule has 4 nitrogen and oxygen atoms in total. The number of aromatic nitrogens is 1. The monoisotopic (exact) mass is 441 g/mol. The number of amides is 1. The molecule has 0 bridgehead atoms. The Morgan fingerprint density at radius 1 is 0.939 bits per heavy atom. The van der Waals surface area contributed by atoms with Crippen molar-refractivity contribution >= 4 is 17.3 Å². The van der Waals surface area contributed by atoms with Crippen molar-refractivity contribution in [2.45, 2.75) is 52.4 Å². The van der Waals surface area contributed by atoms with Crippen molar-refractivity contribution in [3.63, 3.8) is 0 Å². The molecule has 1 aromatic heterocycles. The molecule has 1 aliphatic heterocycles. The number of pyridine rings is 1. The zero-order chi connectivity index (χ0) is 23.2. The van der Waals surface area contributed by atoms with Crippen LogP contribution < -0.4 is 10.2 Å². The molecule has 1 fully saturated rings. The highest BCUT2D eigenvalue weighted by atomic mass is 16.1. The third-order valence-electron chi connectivity index (χ3n) is 6.42. The molecule has 0 aliphatic carbocycles. The molecule has 3 aromatic rings. The molecule has 1 unspecified atom stereocenters. The smallest absolute Gasteiger partial charge is 0.231 e. The quantitative estimate of drug-likeness (QED) is 0.438. The normalized spacial score (nSPS) is 14.8. The number of nitrogens with one attached hydrogen (secondary N) is 1. The van der Waals surface area contributed by atoms with Crippen LogP contribution in [0.2, 0.25) is 0 Å². The largest absolute Gasteiger partial charge is 0.372 e. The number of carbonyl (C=O) groups excluding carboxylic acids is 1. The molecule has 4 rings (SSSR count). The first-order valence-corrected chi connectivity index (χ1v) is 12.2. The van der Waals surface area contributed by atoms with Crippen molar-refractivity contribution in [2.75, 3.05) is 23.3 Å². The maximum absolute atomic E-state index is 13.3. The van der Waals surface area contributed by atoms with Crippen molar-refractivity contribution in [3.05, 3.63) is 78.1 Å². The van der Waals surface area contributed by atoms with E-state index in [-0.39, 0.29) is 11.8 Å². The lowest BCUT2D eigenvalue weighted by Gasteiger charge is -2.29. The Bertz CT molecular complexity index is 1050. The molecule has 2 aromatic carbocycles. The maximum Gasteiger partial charge on any atom is 0.231 e. The summed E-state index contributed by atoms with van der Waals surface area (Å²) >= 11 is 0. The van der Waals surface area contributed by atoms with Crippen molar-refractivity contribution in [1.82, 2.24) is 4.98 Å². The molecule has 0 radical (unpaired) electrons. The van der Waals surface area contributed by atoms with Crippen LogP contribution in [0.3, 0.4) is 0 Å². The number of benzene rings is 2. The number of nitrogens with zero attached hydrogens (tertiary/aromatic N) is 2. The molecular weight excluding hydrogens is 406 g/mol. The van der Waals surface area contributed by atoms with E-state index in [1.165, 1.54) is 24.9 Å². The van der Waals surface area contributed by atoms with Crippen LogP contribution in [0, 0.1) is 12.8 Å². The summed E-state index contributed by atoms with van der Waals surface area (Å²) in [5, 5.41) is 3.15. The van der Waals surface area contributed by atoms with Crippen LogP contribution in [0.15, 0.2) is 66.9 Å². The van der Waals surface area contributed by atoms with E-state index in [0.29, 0.717) is 5.92 Å². The fourth-order valence-corrected chi connectivity index (χ4v) is 4.64. The van der Waals surface area contributed by atoms with E-state index in [0.717, 1.165) is 47.6 Å². The van der Waals surface area contributed by atoms with E-state index in [1.54, 1.807) is 0 Å². The Labute approximate surface area is 198 Å². The highest BCUT2D eigenvalue weighted by molar-refractivity contribution is 5.96. The van der Waals surface area contributed by atoms with Gasteiger partial charge >= 0.3 is 0 Å². The molecule has 4 heteroatoms. The Hall–Kier alpha value is -3.14. The molecule has 1 N–H and O–H groups in total. The summed E-state index contributed by atoms with van der Waals surface area (Å²) in [5.74, 6) is 0.324. The fourth-order valence-electron chi connectivity index (χ4n) is 4.64. The highest BCUT2D eigenvalue weighted by Gasteiger charge is 2.22. The second kappa shape index (κ2) is 10.7. The third kappa shape index (κ3) is 6.01. The number of hydrogen-bond donors (Lipinski definition) is 1. The Balaban J connectivity index is 1.47. The molecular formula is C29H35N3O. The van der Waals surface area contributed by atoms with Gasteiger partial charge in [-0.3, -0.25) is 9.78 Å². The van der Waals surface area contributed by atoms with Gasteiger partial charge in [0.25, 0.3) is 0 Å². The van der Waals surface area contributed by atoms with Gasteiger partial charge in [-0.25, -0.2) is 0 Å². The summed E-state index contributed by atoms with van der Waals surface area (Å²) in [6, 6.07) is 20.8. The molecule has 1 atom stereocenters. The van der Waals surface area contributed by atoms with E-state index in [4.69, 9.17) is 0 Å². The molecule has 172 valence electrons. The first-order valence-electron chi connectivity index (χ1n) is 12.2. The second-order valence-corrected chi connectivity index (χ2v) is 9.57. The van der Waals surface area contributed by atoms with Gasteiger partial charge in [-0.15, -0.1) is 0 Å². The summed E-state index contributed by atoms with van der Waals surface area (Å²) in [5.41, 5.74) is 6.42. The molecule has 33 heavy (non-hydrogen) atoms. The van der Waals surface area contributed by atoms with Gasteiger partial charge in [0.1, 0.15) is 0 Å². The lowest BCUT2D eigenvalue weighted by Crippen LogP contribution is -2.29. The molecule has 1 amide bonds. The van der Waals surface area contributed by atoms with E-state index < -0.39 is 0 Å². The average Bonchev–Trinajstić information content (AvgIpc) is 2.83. The number of rotatable bonds is 7. The summed E-state index contributed by atoms with van der Waals surface area (Å²) < 4.78 is 0. The van der Waals surface area contributed by atoms with Crippen molar-refractivity contribution in [3.8, 4) is 11.1 Å². The lowest BCUT2D eigenvalue weighted by molar-refractivity contribution is -0.117. The number of carbonyl (C=O) groups is 1. The van der Waals surface area contributed by atoms with Gasteiger partial charge < -0.3 is 10.2 Å². The first kappa shape index (κ1) is 23.0. The fraction of sp³-hybridized carbons (Fsp3) is 0.379. The van der Waals surface area contributed by atoms with Gasteiger partial charge in [-0.2, -0.15) is 0 Å². The van der Waals surface area contributed by atoms with Crippen LogP contribution in [0.25, 0.3) is 11.1 Å². The van der Waals surface area contributed by atoms with Gasteiger partial charge in [0, 0.05) is 36.4 Å². The van der Waals surface area contributed by atoms with Crippen molar-refractivity contribution in [1.29, 1.82) is 0 Å². The van der Waals surface area contributed by atoms with Crippen LogP contribution in [-0.2, 0) is 4.79 Å². The second-order valence-electron chi connectivity index (χ2n) is 9.57. The number of anilines is 2. The summed E-state index contributed by atoms with van der Waals surface area (Å²) in [6.45, 7) is 8.60. The standard InChI is InChI=1S/C29H35N3O/c1-21(2)19-28(24-9-13-27(14-10-24)32-17-5-4-6-18-32)29(33)31-26-11-7-23(8-12-26)25-15-16-30-22(3)20-25/h7-16,20-21,28H,4-6,17-19H2,1-3H3,(H,31,33). The minimum Gasteiger partial charge on any atom is -0.372 e. The van der Waals surface area contributed by atoms with Crippen LogP contribution >= 0.6 is 0 Å². The van der Waals surface area contributed by atoms with Gasteiger partial charge in [0.05, 0.1) is 5.92 Å². The lowest BCUT2D eigenvalue weighted by atomic mass is 9.89. The minimum absolute atomic E-state index is 0.0573. The van der Waals surface area contributed by atoms with E-state index in [1.807, 2.05) is 31.3 Å². The summed E-state index contributed by atoms with van der Waals surface area (Å²) in [4.78, 5) is 20.0. The van der Waals surface area contributed by atoms with Crippen LogP contribution in [0.4, 0.5) is 11.4 Å². The first-order chi connectivity index (χ1) is 16.0. The zero-order valence-corrected chi connectivity index (χ0v) is 20.1. The average molecular weight is 442 g/mol. The molecule has 0 saturated carbocycles. The highest BCUT2D eigenvalue weighted by Crippen LogP contribution is 2.29. The number of hydrogen-bond acceptors (Lipinski definition) is 3. The van der Waals surface area contributed by atoms with Gasteiger partial charge in [-0.05, 0) is 91.6 Å². The summed E-state index contributed by atoms with van der Waals surface area (Å²) in [6.07, 6.45) is 6.50. The van der Waals surface area contributed by atoms with Crippen molar-refractivity contribution in [2.24, 2.45) is 5.92 Å². The van der Waals surface area contributed by atoms with Crippen LogP contribution in [-0.4, -0.2) is 24.0 Å². The van der Waals surface area contributed by atoms with Gasteiger partial charge in [0.15, 0.2) is 0 Å². The molecule has 1 aliphatic rings. The third-order valence-corrected chi connectivity index (χ3v) is 6.42. The predicted molar refractivity (Wildman–Crippen MR) is 138 cm³/mol. The Kier molecular flexibility index (Phi) is 7.43. The number of aryl methyl sites for hydroxylation is 1. The molecule has 1 saturated heterocycles. The zero-order valence-electron chi connectivity index (χ0n) is 20.1. The van der Waals surface area contributed by atoms with E-state index in [9.17, 15) is 4.79 Å². The SMILES string of the molecule is Cc1cc(-c2ccc(NC(=O)C(CC(C)C)c3ccc(N4CCCCC4)cc3)cc2)ccn1. The molecule has 0 spiro atoms. The van der Waals surface area contributed by atoms with Gasteiger partial charge in [0.2, 0.25) is 5.91 Å². The Morgan fingerprint density at radius 2 is 1.64 bits per heavy atom. The maximum atomic E-state index is 13.3. The van der Waals surface area contributed by atoms with Crippen LogP contribution in [0.1, 0.15) is 56.7 Å². The Morgan fingerprint density at radius 3 is 2.27 bits per heavy atom. The topological polar surface area (TPSA) is 45.2 Å². The van der Waals surface area contributed by atoms with Crippen molar-refractivity contribution < 1.29 is 4.79 Å². The van der Waals surface area contributed by atoms with E-state index >= 15 is 0 Å².